The van der Waals surface area contributed by atoms with E-state index in [-0.39, 0.29) is 24.4 Å². The zero-order chi connectivity index (χ0) is 25.5. The summed E-state index contributed by atoms with van der Waals surface area (Å²) in [7, 11) is 0. The summed E-state index contributed by atoms with van der Waals surface area (Å²) in [5.74, 6) is -1.34. The summed E-state index contributed by atoms with van der Waals surface area (Å²) in [6.07, 6.45) is 1.69. The lowest BCUT2D eigenvalue weighted by Crippen LogP contribution is -2.42. The fourth-order valence-electron chi connectivity index (χ4n) is 5.21. The summed E-state index contributed by atoms with van der Waals surface area (Å²) in [5.41, 5.74) is 4.48. The second kappa shape index (κ2) is 12.0. The van der Waals surface area contributed by atoms with Crippen molar-refractivity contribution in [2.24, 2.45) is 5.92 Å². The molecule has 8 nitrogen and oxygen atoms in total. The molecule has 0 saturated carbocycles. The van der Waals surface area contributed by atoms with E-state index < -0.39 is 18.1 Å². The highest BCUT2D eigenvalue weighted by Gasteiger charge is 2.30. The van der Waals surface area contributed by atoms with Crippen molar-refractivity contribution in [1.82, 2.24) is 10.2 Å². The molecule has 2 aromatic rings. The van der Waals surface area contributed by atoms with Crippen LogP contribution in [0.5, 0.6) is 0 Å². The highest BCUT2D eigenvalue weighted by molar-refractivity contribution is 5.81. The molecule has 1 saturated heterocycles. The van der Waals surface area contributed by atoms with Gasteiger partial charge in [0, 0.05) is 5.92 Å². The lowest BCUT2D eigenvalue weighted by atomic mass is 9.97. The largest absolute Gasteiger partial charge is 0.480 e. The molecule has 2 aliphatic rings. The minimum Gasteiger partial charge on any atom is -0.480 e. The number of rotatable bonds is 10. The minimum atomic E-state index is -1.08. The van der Waals surface area contributed by atoms with Gasteiger partial charge in [-0.05, 0) is 74.5 Å². The first kappa shape index (κ1) is 25.7. The number of carboxylic acids is 1. The Morgan fingerprint density at radius 3 is 2.19 bits per heavy atom. The average molecular weight is 495 g/mol. The number of hydrogen-bond acceptors (Lipinski definition) is 6. The molecule has 2 aromatic carbocycles. The van der Waals surface area contributed by atoms with Gasteiger partial charge in [0.05, 0.1) is 12.5 Å². The Hall–Kier alpha value is -3.39. The highest BCUT2D eigenvalue weighted by Crippen LogP contribution is 2.44. The van der Waals surface area contributed by atoms with Crippen molar-refractivity contribution in [3.63, 3.8) is 0 Å². The Morgan fingerprint density at radius 2 is 1.61 bits per heavy atom. The Bertz CT molecular complexity index is 1030. The molecule has 2 N–H and O–H groups in total. The molecule has 8 heteroatoms. The number of carboxylic acid groups (broad SMARTS) is 1. The summed E-state index contributed by atoms with van der Waals surface area (Å²) in [4.78, 5) is 38.4. The first-order valence-corrected chi connectivity index (χ1v) is 12.7. The molecule has 4 rings (SSSR count). The van der Waals surface area contributed by atoms with Crippen molar-refractivity contribution in [2.75, 3.05) is 32.8 Å². The molecular formula is C28H34N2O6. The Kier molecular flexibility index (Phi) is 8.59. The molecule has 1 amide bonds. The molecule has 0 radical (unpaired) electrons. The van der Waals surface area contributed by atoms with Crippen molar-refractivity contribution in [3.8, 4) is 11.1 Å². The molecule has 1 fully saturated rings. The van der Waals surface area contributed by atoms with Crippen LogP contribution in [0.25, 0.3) is 11.1 Å². The zero-order valence-electron chi connectivity index (χ0n) is 20.7. The Morgan fingerprint density at radius 1 is 1.00 bits per heavy atom. The van der Waals surface area contributed by atoms with Crippen molar-refractivity contribution < 1.29 is 29.0 Å². The van der Waals surface area contributed by atoms with Crippen LogP contribution in [0.15, 0.2) is 48.5 Å². The van der Waals surface area contributed by atoms with E-state index in [2.05, 4.69) is 22.3 Å². The standard InChI is InChI=1S/C28H34N2O6/c1-2-35-27(33)19-13-16-30(17-14-19)15-7-12-25(26(31)32)29-28(34)36-18-24-22-10-5-3-8-20(22)21-9-4-6-11-23(21)24/h3-6,8-11,19,24-25H,2,7,12-18H2,1H3,(H,29,34)(H,31,32)/t25-/m0/s1. The number of likely N-dealkylation sites (tertiary alicyclic amines) is 1. The van der Waals surface area contributed by atoms with E-state index in [9.17, 15) is 19.5 Å². The maximum atomic E-state index is 12.5. The van der Waals surface area contributed by atoms with Crippen LogP contribution in [0.1, 0.15) is 49.7 Å². The van der Waals surface area contributed by atoms with Gasteiger partial charge in [0.2, 0.25) is 0 Å². The maximum Gasteiger partial charge on any atom is 0.407 e. The second-order valence-corrected chi connectivity index (χ2v) is 9.37. The summed E-state index contributed by atoms with van der Waals surface area (Å²) < 4.78 is 10.6. The smallest absolute Gasteiger partial charge is 0.407 e. The molecule has 0 unspecified atom stereocenters. The number of alkyl carbamates (subject to hydrolysis) is 1. The van der Waals surface area contributed by atoms with E-state index in [1.807, 2.05) is 43.3 Å². The zero-order valence-corrected chi connectivity index (χ0v) is 20.7. The predicted octanol–water partition coefficient (Wildman–Crippen LogP) is 4.03. The number of fused-ring (bicyclic) bond motifs is 3. The van der Waals surface area contributed by atoms with Crippen LogP contribution >= 0.6 is 0 Å². The van der Waals surface area contributed by atoms with E-state index in [4.69, 9.17) is 9.47 Å². The van der Waals surface area contributed by atoms with Crippen molar-refractivity contribution in [1.29, 1.82) is 0 Å². The maximum absolute atomic E-state index is 12.5. The van der Waals surface area contributed by atoms with Gasteiger partial charge in [-0.3, -0.25) is 4.79 Å². The van der Waals surface area contributed by atoms with E-state index in [0.717, 1.165) is 48.2 Å². The van der Waals surface area contributed by atoms with Gasteiger partial charge in [0.1, 0.15) is 12.6 Å². The first-order valence-electron chi connectivity index (χ1n) is 12.7. The normalized spacial score (nSPS) is 16.6. The first-order chi connectivity index (χ1) is 17.5. The molecule has 0 spiro atoms. The quantitative estimate of drug-likeness (QED) is 0.481. The van der Waals surface area contributed by atoms with Crippen LogP contribution < -0.4 is 5.32 Å². The number of carbonyl (C=O) groups is 3. The number of nitrogens with one attached hydrogen (secondary N) is 1. The average Bonchev–Trinajstić information content (AvgIpc) is 3.21. The van der Waals surface area contributed by atoms with Gasteiger partial charge in [-0.25, -0.2) is 9.59 Å². The molecular weight excluding hydrogens is 460 g/mol. The third-order valence-electron chi connectivity index (χ3n) is 7.11. The highest BCUT2D eigenvalue weighted by atomic mass is 16.5. The fourth-order valence-corrected chi connectivity index (χ4v) is 5.21. The van der Waals surface area contributed by atoms with Gasteiger partial charge >= 0.3 is 18.0 Å². The van der Waals surface area contributed by atoms with Crippen LogP contribution in [0.4, 0.5) is 4.79 Å². The number of ether oxygens (including phenoxy) is 2. The van der Waals surface area contributed by atoms with E-state index in [1.54, 1.807) is 0 Å². The lowest BCUT2D eigenvalue weighted by molar-refractivity contribution is -0.149. The van der Waals surface area contributed by atoms with Crippen LogP contribution in [0.2, 0.25) is 0 Å². The van der Waals surface area contributed by atoms with E-state index in [1.165, 1.54) is 0 Å². The molecule has 0 bridgehead atoms. The molecule has 192 valence electrons. The Balaban J connectivity index is 1.23. The number of amides is 1. The molecule has 1 aliphatic carbocycles. The van der Waals surface area contributed by atoms with Crippen LogP contribution in [-0.2, 0) is 19.1 Å². The van der Waals surface area contributed by atoms with Crippen LogP contribution in [0.3, 0.4) is 0 Å². The monoisotopic (exact) mass is 494 g/mol. The number of esters is 1. The third kappa shape index (κ3) is 6.05. The number of piperidine rings is 1. The number of carbonyl (C=O) groups excluding carboxylic acids is 2. The SMILES string of the molecule is CCOC(=O)C1CCN(CCC[C@H](NC(=O)OCC2c3ccccc3-c3ccccc32)C(=O)O)CC1. The number of aliphatic carboxylic acids is 1. The molecule has 0 aromatic heterocycles. The van der Waals surface area contributed by atoms with Gasteiger partial charge < -0.3 is 24.8 Å². The Labute approximate surface area is 211 Å². The summed E-state index contributed by atoms with van der Waals surface area (Å²) in [6, 6.07) is 15.1. The minimum absolute atomic E-state index is 0.0526. The van der Waals surface area contributed by atoms with Crippen molar-refractivity contribution in [3.05, 3.63) is 59.7 Å². The van der Waals surface area contributed by atoms with E-state index >= 15 is 0 Å². The summed E-state index contributed by atoms with van der Waals surface area (Å²) in [6.45, 7) is 4.62. The van der Waals surface area contributed by atoms with E-state index in [0.29, 0.717) is 26.0 Å². The molecule has 1 aliphatic heterocycles. The van der Waals surface area contributed by atoms with Crippen LogP contribution in [0, 0.1) is 5.92 Å². The van der Waals surface area contributed by atoms with Gasteiger partial charge in [0.25, 0.3) is 0 Å². The summed E-state index contributed by atoms with van der Waals surface area (Å²) in [5, 5.41) is 12.1. The predicted molar refractivity (Wildman–Crippen MR) is 135 cm³/mol. The fraction of sp³-hybridized carbons (Fsp3) is 0.464. The van der Waals surface area contributed by atoms with Gasteiger partial charge in [-0.2, -0.15) is 0 Å². The number of hydrogen-bond donors (Lipinski definition) is 2. The van der Waals surface area contributed by atoms with Gasteiger partial charge in [-0.15, -0.1) is 0 Å². The van der Waals surface area contributed by atoms with Gasteiger partial charge in [0.15, 0.2) is 0 Å². The molecule has 1 heterocycles. The topological polar surface area (TPSA) is 105 Å². The third-order valence-corrected chi connectivity index (χ3v) is 7.11. The van der Waals surface area contributed by atoms with Gasteiger partial charge in [-0.1, -0.05) is 48.5 Å². The lowest BCUT2D eigenvalue weighted by Gasteiger charge is -2.31. The second-order valence-electron chi connectivity index (χ2n) is 9.37. The van der Waals surface area contributed by atoms with Crippen molar-refractivity contribution in [2.45, 2.75) is 44.6 Å². The molecule has 1 atom stereocenters. The van der Waals surface area contributed by atoms with Crippen LogP contribution in [-0.4, -0.2) is 66.9 Å². The molecule has 36 heavy (non-hydrogen) atoms. The van der Waals surface area contributed by atoms with Crippen molar-refractivity contribution >= 4 is 18.0 Å². The number of benzene rings is 2. The number of nitrogens with zero attached hydrogens (tertiary/aromatic N) is 1. The summed E-state index contributed by atoms with van der Waals surface area (Å²) >= 11 is 0.